The number of hydrogen-bond acceptors (Lipinski definition) is 2. The molecule has 1 aromatic carbocycles. The van der Waals surface area contributed by atoms with E-state index in [1.807, 2.05) is 7.05 Å². The lowest BCUT2D eigenvalue weighted by Gasteiger charge is -2.23. The molecule has 0 fully saturated rings. The molecule has 0 aliphatic carbocycles. The van der Waals surface area contributed by atoms with Gasteiger partial charge in [-0.25, -0.2) is 0 Å². The Morgan fingerprint density at radius 3 is 2.56 bits per heavy atom. The maximum atomic E-state index is 5.61. The van der Waals surface area contributed by atoms with Crippen LogP contribution in [0.2, 0.25) is 0 Å². The van der Waals surface area contributed by atoms with Crippen LogP contribution < -0.4 is 10.1 Å². The van der Waals surface area contributed by atoms with Crippen molar-refractivity contribution in [1.29, 1.82) is 0 Å². The summed E-state index contributed by atoms with van der Waals surface area (Å²) in [5.74, 6) is 1.02. The van der Waals surface area contributed by atoms with Crippen LogP contribution in [0.5, 0.6) is 5.75 Å². The lowest BCUT2D eigenvalue weighted by atomic mass is 9.94. The molecule has 0 saturated carbocycles. The minimum absolute atomic E-state index is 0.357. The Labute approximate surface area is 119 Å². The molecule has 0 aliphatic rings. The van der Waals surface area contributed by atoms with Gasteiger partial charge < -0.3 is 10.1 Å². The van der Waals surface area contributed by atoms with Crippen LogP contribution in [-0.2, 0) is 0 Å². The van der Waals surface area contributed by atoms with Gasteiger partial charge in [0.15, 0.2) is 0 Å². The van der Waals surface area contributed by atoms with Crippen LogP contribution >= 0.6 is 15.9 Å². The SMILES string of the molecule is CCCCC(NC)c1c(C)c(Br)cc(C)c1OC. The Balaban J connectivity index is 3.25. The molecule has 102 valence electrons. The van der Waals surface area contributed by atoms with Crippen molar-refractivity contribution in [3.05, 3.63) is 27.2 Å². The second kappa shape index (κ2) is 7.15. The van der Waals surface area contributed by atoms with E-state index in [-0.39, 0.29) is 0 Å². The summed E-state index contributed by atoms with van der Waals surface area (Å²) < 4.78 is 6.77. The van der Waals surface area contributed by atoms with Crippen molar-refractivity contribution in [1.82, 2.24) is 5.32 Å². The van der Waals surface area contributed by atoms with Gasteiger partial charge in [0.2, 0.25) is 0 Å². The lowest BCUT2D eigenvalue weighted by Crippen LogP contribution is -2.19. The third-order valence-electron chi connectivity index (χ3n) is 3.46. The van der Waals surface area contributed by atoms with E-state index in [0.29, 0.717) is 6.04 Å². The fraction of sp³-hybridized carbons (Fsp3) is 0.600. The highest BCUT2D eigenvalue weighted by Gasteiger charge is 2.20. The van der Waals surface area contributed by atoms with Crippen LogP contribution in [-0.4, -0.2) is 14.2 Å². The molecule has 0 radical (unpaired) electrons. The van der Waals surface area contributed by atoms with E-state index in [0.717, 1.165) is 16.6 Å². The fourth-order valence-electron chi connectivity index (χ4n) is 2.41. The third kappa shape index (κ3) is 3.27. The lowest BCUT2D eigenvalue weighted by molar-refractivity contribution is 0.393. The average Bonchev–Trinajstić information content (AvgIpc) is 2.35. The van der Waals surface area contributed by atoms with Crippen LogP contribution in [0.4, 0.5) is 0 Å². The molecule has 0 amide bonds. The molecule has 0 aromatic heterocycles. The van der Waals surface area contributed by atoms with Gasteiger partial charge in [0.05, 0.1) is 7.11 Å². The van der Waals surface area contributed by atoms with Crippen LogP contribution in [0, 0.1) is 13.8 Å². The van der Waals surface area contributed by atoms with Gasteiger partial charge in [-0.3, -0.25) is 0 Å². The van der Waals surface area contributed by atoms with Crippen molar-refractivity contribution < 1.29 is 4.74 Å². The third-order valence-corrected chi connectivity index (χ3v) is 4.28. The van der Waals surface area contributed by atoms with Crippen LogP contribution in [0.25, 0.3) is 0 Å². The molecule has 1 atom stereocenters. The number of unbranched alkanes of at least 4 members (excludes halogenated alkanes) is 1. The minimum atomic E-state index is 0.357. The molecular weight excluding hydrogens is 290 g/mol. The number of nitrogens with one attached hydrogen (secondary N) is 1. The normalized spacial score (nSPS) is 12.6. The topological polar surface area (TPSA) is 21.3 Å². The molecule has 18 heavy (non-hydrogen) atoms. The van der Waals surface area contributed by atoms with E-state index in [1.165, 1.54) is 29.5 Å². The molecule has 0 saturated heterocycles. The van der Waals surface area contributed by atoms with Gasteiger partial charge in [-0.2, -0.15) is 0 Å². The molecule has 0 bridgehead atoms. The Morgan fingerprint density at radius 1 is 1.39 bits per heavy atom. The van der Waals surface area contributed by atoms with Gasteiger partial charge in [0, 0.05) is 16.1 Å². The first kappa shape index (κ1) is 15.5. The minimum Gasteiger partial charge on any atom is -0.496 e. The van der Waals surface area contributed by atoms with Gasteiger partial charge in [0.25, 0.3) is 0 Å². The highest BCUT2D eigenvalue weighted by Crippen LogP contribution is 2.37. The molecule has 1 rings (SSSR count). The summed E-state index contributed by atoms with van der Waals surface area (Å²) in [6.07, 6.45) is 3.58. The van der Waals surface area contributed by atoms with Crippen LogP contribution in [0.3, 0.4) is 0 Å². The zero-order valence-electron chi connectivity index (χ0n) is 12.1. The van der Waals surface area contributed by atoms with Crippen molar-refractivity contribution in [3.8, 4) is 5.75 Å². The fourth-order valence-corrected chi connectivity index (χ4v) is 2.96. The molecule has 0 heterocycles. The quantitative estimate of drug-likeness (QED) is 0.833. The summed E-state index contributed by atoms with van der Waals surface area (Å²) in [6, 6.07) is 2.49. The maximum Gasteiger partial charge on any atom is 0.126 e. The number of rotatable bonds is 6. The smallest absolute Gasteiger partial charge is 0.126 e. The Morgan fingerprint density at radius 2 is 2.06 bits per heavy atom. The van der Waals surface area contributed by atoms with Crippen molar-refractivity contribution in [2.45, 2.75) is 46.1 Å². The van der Waals surface area contributed by atoms with E-state index in [1.54, 1.807) is 7.11 Å². The Hall–Kier alpha value is -0.540. The predicted octanol–water partition coefficient (Wildman–Crippen LogP) is 4.53. The molecule has 0 spiro atoms. The summed E-state index contributed by atoms with van der Waals surface area (Å²) in [5.41, 5.74) is 3.75. The zero-order valence-corrected chi connectivity index (χ0v) is 13.6. The second-order valence-electron chi connectivity index (χ2n) is 4.73. The Bertz CT molecular complexity index is 404. The Kier molecular flexibility index (Phi) is 6.16. The summed E-state index contributed by atoms with van der Waals surface area (Å²) in [5, 5.41) is 3.42. The second-order valence-corrected chi connectivity index (χ2v) is 5.59. The monoisotopic (exact) mass is 313 g/mol. The van der Waals surface area contributed by atoms with E-state index in [4.69, 9.17) is 4.74 Å². The van der Waals surface area contributed by atoms with Crippen LogP contribution in [0.1, 0.15) is 48.9 Å². The van der Waals surface area contributed by atoms with Crippen LogP contribution in [0.15, 0.2) is 10.5 Å². The number of halogens is 1. The standard InChI is InChI=1S/C15H24BrNO/c1-6-7-8-13(17-4)14-11(3)12(16)9-10(2)15(14)18-5/h9,13,17H,6-8H2,1-5H3. The van der Waals surface area contributed by atoms with E-state index >= 15 is 0 Å². The molecule has 2 nitrogen and oxygen atoms in total. The summed E-state index contributed by atoms with van der Waals surface area (Å²) in [6.45, 7) is 6.47. The highest BCUT2D eigenvalue weighted by molar-refractivity contribution is 9.10. The maximum absolute atomic E-state index is 5.61. The molecule has 1 unspecified atom stereocenters. The summed E-state index contributed by atoms with van der Waals surface area (Å²) in [4.78, 5) is 0. The summed E-state index contributed by atoms with van der Waals surface area (Å²) in [7, 11) is 3.78. The van der Waals surface area contributed by atoms with Gasteiger partial charge in [0.1, 0.15) is 5.75 Å². The van der Waals surface area contributed by atoms with Crippen molar-refractivity contribution in [2.24, 2.45) is 0 Å². The van der Waals surface area contributed by atoms with Crippen molar-refractivity contribution in [2.75, 3.05) is 14.2 Å². The van der Waals surface area contributed by atoms with Gasteiger partial charge >= 0.3 is 0 Å². The first-order valence-corrected chi connectivity index (χ1v) is 7.36. The molecule has 3 heteroatoms. The average molecular weight is 314 g/mol. The van der Waals surface area contributed by atoms with Gasteiger partial charge in [-0.1, -0.05) is 35.7 Å². The molecule has 1 aromatic rings. The number of aryl methyl sites for hydroxylation is 1. The number of benzene rings is 1. The van der Waals surface area contributed by atoms with Crippen molar-refractivity contribution in [3.63, 3.8) is 0 Å². The van der Waals surface area contributed by atoms with Gasteiger partial charge in [-0.05, 0) is 44.5 Å². The molecule has 1 N–H and O–H groups in total. The number of ether oxygens (including phenoxy) is 1. The van der Waals surface area contributed by atoms with E-state index in [9.17, 15) is 0 Å². The first-order valence-electron chi connectivity index (χ1n) is 6.57. The molecule has 0 aliphatic heterocycles. The van der Waals surface area contributed by atoms with E-state index in [2.05, 4.69) is 48.1 Å². The largest absolute Gasteiger partial charge is 0.496 e. The number of hydrogen-bond donors (Lipinski definition) is 1. The van der Waals surface area contributed by atoms with E-state index < -0.39 is 0 Å². The van der Waals surface area contributed by atoms with Crippen molar-refractivity contribution >= 4 is 15.9 Å². The predicted molar refractivity (Wildman–Crippen MR) is 81.5 cm³/mol. The highest BCUT2D eigenvalue weighted by atomic mass is 79.9. The summed E-state index contributed by atoms with van der Waals surface area (Å²) >= 11 is 3.64. The number of methoxy groups -OCH3 is 1. The first-order chi connectivity index (χ1) is 8.56. The molecular formula is C15H24BrNO. The van der Waals surface area contributed by atoms with Gasteiger partial charge in [-0.15, -0.1) is 0 Å². The zero-order chi connectivity index (χ0) is 13.7.